The highest BCUT2D eigenvalue weighted by molar-refractivity contribution is 5.96. The van der Waals surface area contributed by atoms with E-state index in [2.05, 4.69) is 6.58 Å². The largest absolute Gasteiger partial charge is 0.419 e. The zero-order chi connectivity index (χ0) is 10.9. The summed E-state index contributed by atoms with van der Waals surface area (Å²) in [6.45, 7) is 7.84. The van der Waals surface area contributed by atoms with Crippen LogP contribution < -0.4 is 0 Å². The minimum atomic E-state index is -4.59. The molecule has 0 aromatic heterocycles. The first-order chi connectivity index (χ1) is 5.54. The van der Waals surface area contributed by atoms with Gasteiger partial charge in [-0.2, -0.15) is 13.2 Å². The first-order valence-electron chi connectivity index (χ1n) is 3.83. The Hall–Kier alpha value is -0.800. The van der Waals surface area contributed by atoms with Gasteiger partial charge in [0.15, 0.2) is 5.78 Å². The second kappa shape index (κ2) is 3.52. The van der Waals surface area contributed by atoms with Gasteiger partial charge in [-0.3, -0.25) is 4.79 Å². The highest BCUT2D eigenvalue weighted by Crippen LogP contribution is 2.29. The molecule has 0 aromatic carbocycles. The van der Waals surface area contributed by atoms with Crippen LogP contribution in [0.5, 0.6) is 0 Å². The average molecular weight is 194 g/mol. The van der Waals surface area contributed by atoms with Crippen molar-refractivity contribution < 1.29 is 18.0 Å². The van der Waals surface area contributed by atoms with Crippen LogP contribution in [-0.4, -0.2) is 12.0 Å². The Morgan fingerprint density at radius 3 is 1.85 bits per heavy atom. The highest BCUT2D eigenvalue weighted by Gasteiger charge is 2.37. The Balaban J connectivity index is 4.40. The van der Waals surface area contributed by atoms with Gasteiger partial charge in [0.25, 0.3) is 0 Å². The van der Waals surface area contributed by atoms with E-state index in [9.17, 15) is 18.0 Å². The van der Waals surface area contributed by atoms with E-state index in [1.165, 1.54) is 0 Å². The Morgan fingerprint density at radius 2 is 1.62 bits per heavy atom. The van der Waals surface area contributed by atoms with Crippen molar-refractivity contribution in [1.29, 1.82) is 0 Å². The van der Waals surface area contributed by atoms with E-state index in [1.54, 1.807) is 20.8 Å². The second-order valence-electron chi connectivity index (χ2n) is 4.14. The zero-order valence-corrected chi connectivity index (χ0v) is 7.96. The molecule has 1 nitrogen and oxygen atoms in total. The van der Waals surface area contributed by atoms with E-state index in [4.69, 9.17) is 0 Å². The van der Waals surface area contributed by atoms with Gasteiger partial charge in [-0.25, -0.2) is 0 Å². The van der Waals surface area contributed by atoms with Gasteiger partial charge in [0, 0.05) is 6.42 Å². The number of Topliss-reactive ketones (excluding diaryl/α,β-unsaturated/α-hetero) is 1. The second-order valence-corrected chi connectivity index (χ2v) is 4.14. The summed E-state index contributed by atoms with van der Waals surface area (Å²) in [5.74, 6) is -0.931. The van der Waals surface area contributed by atoms with Crippen LogP contribution in [-0.2, 0) is 4.79 Å². The molecule has 0 radical (unpaired) electrons. The minimum absolute atomic E-state index is 0.134. The van der Waals surface area contributed by atoms with Gasteiger partial charge in [-0.1, -0.05) is 27.4 Å². The van der Waals surface area contributed by atoms with Crippen molar-refractivity contribution in [2.45, 2.75) is 33.4 Å². The van der Waals surface area contributed by atoms with E-state index >= 15 is 0 Å². The summed E-state index contributed by atoms with van der Waals surface area (Å²) in [6.07, 6.45) is -4.73. The molecule has 4 heteroatoms. The maximum Gasteiger partial charge on any atom is 0.419 e. The predicted molar refractivity (Wildman–Crippen MR) is 44.3 cm³/mol. The average Bonchev–Trinajstić information content (AvgIpc) is 1.79. The number of allylic oxidation sites excluding steroid dienone is 1. The smallest absolute Gasteiger partial charge is 0.294 e. The molecule has 0 heterocycles. The lowest BCUT2D eigenvalue weighted by atomic mass is 9.88. The summed E-state index contributed by atoms with van der Waals surface area (Å²) in [7, 11) is 0. The van der Waals surface area contributed by atoms with Crippen molar-refractivity contribution >= 4 is 5.78 Å². The van der Waals surface area contributed by atoms with Gasteiger partial charge < -0.3 is 0 Å². The lowest BCUT2D eigenvalue weighted by Crippen LogP contribution is -2.23. The van der Waals surface area contributed by atoms with E-state index in [1.807, 2.05) is 0 Å². The standard InChI is InChI=1S/C9H13F3O/c1-6(9(10,11)12)7(13)5-8(2,3)4/h1,5H2,2-4H3. The first-order valence-corrected chi connectivity index (χ1v) is 3.83. The minimum Gasteiger partial charge on any atom is -0.294 e. The molecular formula is C9H13F3O. The maximum atomic E-state index is 12.0. The number of carbonyl (C=O) groups excluding carboxylic acids is 1. The molecule has 0 spiro atoms. The molecule has 0 bridgehead atoms. The van der Waals surface area contributed by atoms with Gasteiger partial charge in [0.05, 0.1) is 5.57 Å². The number of hydrogen-bond donors (Lipinski definition) is 0. The zero-order valence-electron chi connectivity index (χ0n) is 7.96. The van der Waals surface area contributed by atoms with Gasteiger partial charge in [0.2, 0.25) is 0 Å². The molecule has 0 aliphatic carbocycles. The summed E-state index contributed by atoms with van der Waals surface area (Å²) in [5.41, 5.74) is -1.70. The molecule has 76 valence electrons. The third kappa shape index (κ3) is 4.70. The Bertz CT molecular complexity index is 220. The molecule has 0 aliphatic heterocycles. The molecule has 0 rings (SSSR count). The summed E-state index contributed by atoms with van der Waals surface area (Å²) in [6, 6.07) is 0. The summed E-state index contributed by atoms with van der Waals surface area (Å²) >= 11 is 0. The molecule has 13 heavy (non-hydrogen) atoms. The fourth-order valence-electron chi connectivity index (χ4n) is 0.746. The summed E-state index contributed by atoms with van der Waals surface area (Å²) in [4.78, 5) is 11.0. The fraction of sp³-hybridized carbons (Fsp3) is 0.667. The van der Waals surface area contributed by atoms with Gasteiger partial charge >= 0.3 is 6.18 Å². The van der Waals surface area contributed by atoms with Crippen LogP contribution in [0.1, 0.15) is 27.2 Å². The van der Waals surface area contributed by atoms with Crippen LogP contribution in [0.2, 0.25) is 0 Å². The summed E-state index contributed by atoms with van der Waals surface area (Å²) in [5, 5.41) is 0. The van der Waals surface area contributed by atoms with Crippen LogP contribution in [0.3, 0.4) is 0 Å². The molecule has 0 aliphatic rings. The highest BCUT2D eigenvalue weighted by atomic mass is 19.4. The topological polar surface area (TPSA) is 17.1 Å². The molecule has 0 saturated carbocycles. The monoisotopic (exact) mass is 194 g/mol. The van der Waals surface area contributed by atoms with Crippen LogP contribution in [0.4, 0.5) is 13.2 Å². The number of halogens is 3. The van der Waals surface area contributed by atoms with Crippen molar-refractivity contribution in [3.05, 3.63) is 12.2 Å². The van der Waals surface area contributed by atoms with Crippen LogP contribution in [0.25, 0.3) is 0 Å². The maximum absolute atomic E-state index is 12.0. The third-order valence-corrected chi connectivity index (χ3v) is 1.37. The van der Waals surface area contributed by atoms with Gasteiger partial charge in [0.1, 0.15) is 0 Å². The van der Waals surface area contributed by atoms with Crippen LogP contribution in [0.15, 0.2) is 12.2 Å². The quantitative estimate of drug-likeness (QED) is 0.617. The molecule has 0 amide bonds. The Kier molecular flexibility index (Phi) is 3.30. The van der Waals surface area contributed by atoms with Gasteiger partial charge in [-0.05, 0) is 5.41 Å². The molecular weight excluding hydrogens is 181 g/mol. The molecule has 0 saturated heterocycles. The number of alkyl halides is 3. The van der Waals surface area contributed by atoms with Crippen LogP contribution in [0, 0.1) is 5.41 Å². The number of hydrogen-bond acceptors (Lipinski definition) is 1. The van der Waals surface area contributed by atoms with E-state index < -0.39 is 22.9 Å². The number of ketones is 1. The van der Waals surface area contributed by atoms with Crippen molar-refractivity contribution in [1.82, 2.24) is 0 Å². The van der Waals surface area contributed by atoms with Crippen molar-refractivity contribution in [2.24, 2.45) is 5.41 Å². The molecule has 0 N–H and O–H groups in total. The molecule has 0 fully saturated rings. The fourth-order valence-corrected chi connectivity index (χ4v) is 0.746. The van der Waals surface area contributed by atoms with E-state index in [-0.39, 0.29) is 6.42 Å². The lowest BCUT2D eigenvalue weighted by molar-refractivity contribution is -0.130. The van der Waals surface area contributed by atoms with Crippen LogP contribution >= 0.6 is 0 Å². The normalized spacial score (nSPS) is 12.8. The number of carbonyl (C=O) groups is 1. The third-order valence-electron chi connectivity index (χ3n) is 1.37. The Labute approximate surface area is 75.6 Å². The molecule has 0 atom stereocenters. The number of rotatable bonds is 2. The van der Waals surface area contributed by atoms with Crippen molar-refractivity contribution in [3.63, 3.8) is 0 Å². The lowest BCUT2D eigenvalue weighted by Gasteiger charge is -2.18. The van der Waals surface area contributed by atoms with Gasteiger partial charge in [-0.15, -0.1) is 0 Å². The molecule has 0 unspecified atom stereocenters. The Morgan fingerprint density at radius 1 is 1.23 bits per heavy atom. The van der Waals surface area contributed by atoms with E-state index in [0.29, 0.717) is 0 Å². The van der Waals surface area contributed by atoms with Crippen molar-refractivity contribution in [3.8, 4) is 0 Å². The SMILES string of the molecule is C=C(C(=O)CC(C)(C)C)C(F)(F)F. The summed E-state index contributed by atoms with van der Waals surface area (Å²) < 4.78 is 35.9. The predicted octanol–water partition coefficient (Wildman–Crippen LogP) is 3.11. The molecule has 0 aromatic rings. The van der Waals surface area contributed by atoms with Crippen molar-refractivity contribution in [2.75, 3.05) is 0 Å². The van der Waals surface area contributed by atoms with E-state index in [0.717, 1.165) is 0 Å². The first kappa shape index (κ1) is 12.2.